The number of nitrogens with one attached hydrogen (secondary N) is 1. The van der Waals surface area contributed by atoms with Gasteiger partial charge in [0.1, 0.15) is 18.2 Å². The van der Waals surface area contributed by atoms with Crippen LogP contribution in [0.4, 0.5) is 10.1 Å². The standard InChI is InChI=1S/C23H24FN3O2/c1-5-19-12-21(29)27(23(25-19)17-7-6-8-18(24)11-17)13-20(28)26-22-15(3)9-14(2)10-16(22)4/h6-12H,5,13H2,1-4H3,(H,26,28). The molecule has 6 heteroatoms. The summed E-state index contributed by atoms with van der Waals surface area (Å²) in [7, 11) is 0. The van der Waals surface area contributed by atoms with E-state index in [0.29, 0.717) is 17.7 Å². The van der Waals surface area contributed by atoms with Crippen LogP contribution in [0.1, 0.15) is 29.3 Å². The number of carbonyl (C=O) groups is 1. The summed E-state index contributed by atoms with van der Waals surface area (Å²) in [5, 5.41) is 2.90. The second kappa shape index (κ2) is 8.39. The van der Waals surface area contributed by atoms with Crippen molar-refractivity contribution in [3.05, 3.63) is 81.0 Å². The molecule has 0 saturated heterocycles. The van der Waals surface area contributed by atoms with Crippen molar-refractivity contribution in [1.82, 2.24) is 9.55 Å². The van der Waals surface area contributed by atoms with Crippen LogP contribution >= 0.6 is 0 Å². The van der Waals surface area contributed by atoms with E-state index < -0.39 is 5.82 Å². The number of hydrogen-bond donors (Lipinski definition) is 1. The molecular weight excluding hydrogens is 369 g/mol. The highest BCUT2D eigenvalue weighted by atomic mass is 19.1. The third kappa shape index (κ3) is 4.59. The molecule has 1 N–H and O–H groups in total. The SMILES string of the molecule is CCc1cc(=O)n(CC(=O)Nc2c(C)cc(C)cc2C)c(-c2cccc(F)c2)n1. The molecule has 2 aromatic carbocycles. The number of aromatic nitrogens is 2. The van der Waals surface area contributed by atoms with Crippen LogP contribution in [0.3, 0.4) is 0 Å². The Morgan fingerprint density at radius 3 is 2.41 bits per heavy atom. The average Bonchev–Trinajstić information content (AvgIpc) is 2.66. The fraction of sp³-hybridized carbons (Fsp3) is 0.261. The monoisotopic (exact) mass is 393 g/mol. The van der Waals surface area contributed by atoms with E-state index in [9.17, 15) is 14.0 Å². The summed E-state index contributed by atoms with van der Waals surface area (Å²) in [4.78, 5) is 29.9. The third-order valence-corrected chi connectivity index (χ3v) is 4.75. The van der Waals surface area contributed by atoms with Gasteiger partial charge in [-0.05, 0) is 50.5 Å². The predicted octanol–water partition coefficient (Wildman–Crippen LogP) is 4.18. The molecule has 0 radical (unpaired) electrons. The van der Waals surface area contributed by atoms with Crippen LogP contribution in [0.5, 0.6) is 0 Å². The van der Waals surface area contributed by atoms with Gasteiger partial charge in [0.15, 0.2) is 0 Å². The quantitative estimate of drug-likeness (QED) is 0.707. The van der Waals surface area contributed by atoms with Crippen LogP contribution in [0.15, 0.2) is 47.3 Å². The summed E-state index contributed by atoms with van der Waals surface area (Å²) in [5.41, 5.74) is 4.45. The Kier molecular flexibility index (Phi) is 5.92. The van der Waals surface area contributed by atoms with Gasteiger partial charge in [-0.2, -0.15) is 0 Å². The van der Waals surface area contributed by atoms with Gasteiger partial charge >= 0.3 is 0 Å². The van der Waals surface area contributed by atoms with Crippen molar-refractivity contribution in [3.63, 3.8) is 0 Å². The minimum Gasteiger partial charge on any atom is -0.324 e. The summed E-state index contributed by atoms with van der Waals surface area (Å²) in [6, 6.07) is 11.3. The van der Waals surface area contributed by atoms with Gasteiger partial charge in [0.05, 0.1) is 0 Å². The van der Waals surface area contributed by atoms with Gasteiger partial charge in [-0.1, -0.05) is 36.8 Å². The molecule has 0 saturated carbocycles. The molecule has 5 nitrogen and oxygen atoms in total. The maximum atomic E-state index is 13.7. The molecule has 0 aliphatic heterocycles. The summed E-state index contributed by atoms with van der Waals surface area (Å²) >= 11 is 0. The average molecular weight is 393 g/mol. The van der Waals surface area contributed by atoms with Crippen molar-refractivity contribution in [3.8, 4) is 11.4 Å². The van der Waals surface area contributed by atoms with Crippen LogP contribution in [0, 0.1) is 26.6 Å². The highest BCUT2D eigenvalue weighted by Gasteiger charge is 2.15. The van der Waals surface area contributed by atoms with Crippen molar-refractivity contribution >= 4 is 11.6 Å². The van der Waals surface area contributed by atoms with E-state index in [0.717, 1.165) is 22.4 Å². The van der Waals surface area contributed by atoms with Crippen LogP contribution in [0.25, 0.3) is 11.4 Å². The molecule has 0 fully saturated rings. The number of carbonyl (C=O) groups excluding carboxylic acids is 1. The Morgan fingerprint density at radius 2 is 1.79 bits per heavy atom. The zero-order chi connectivity index (χ0) is 21.1. The van der Waals surface area contributed by atoms with Gasteiger partial charge in [-0.15, -0.1) is 0 Å². The van der Waals surface area contributed by atoms with Crippen LogP contribution in [-0.2, 0) is 17.8 Å². The molecule has 1 amide bonds. The first-order valence-electron chi connectivity index (χ1n) is 9.53. The molecule has 0 bridgehead atoms. The number of benzene rings is 2. The second-order valence-corrected chi connectivity index (χ2v) is 7.18. The second-order valence-electron chi connectivity index (χ2n) is 7.18. The zero-order valence-corrected chi connectivity index (χ0v) is 17.0. The molecular formula is C23H24FN3O2. The van der Waals surface area contributed by atoms with Gasteiger partial charge < -0.3 is 5.32 Å². The van der Waals surface area contributed by atoms with Gasteiger partial charge in [0.2, 0.25) is 5.91 Å². The largest absolute Gasteiger partial charge is 0.324 e. The Hall–Kier alpha value is -3.28. The smallest absolute Gasteiger partial charge is 0.254 e. The third-order valence-electron chi connectivity index (χ3n) is 4.75. The Morgan fingerprint density at radius 1 is 1.10 bits per heavy atom. The first-order chi connectivity index (χ1) is 13.8. The number of halogens is 1. The predicted molar refractivity (Wildman–Crippen MR) is 113 cm³/mol. The lowest BCUT2D eigenvalue weighted by Crippen LogP contribution is -2.30. The van der Waals surface area contributed by atoms with E-state index in [2.05, 4.69) is 10.3 Å². The van der Waals surface area contributed by atoms with E-state index in [1.165, 1.54) is 22.8 Å². The van der Waals surface area contributed by atoms with E-state index in [4.69, 9.17) is 0 Å². The summed E-state index contributed by atoms with van der Waals surface area (Å²) < 4.78 is 15.0. The molecule has 0 unspecified atom stereocenters. The molecule has 3 aromatic rings. The maximum absolute atomic E-state index is 13.7. The number of nitrogens with zero attached hydrogens (tertiary/aromatic N) is 2. The molecule has 0 aliphatic rings. The number of hydrogen-bond acceptors (Lipinski definition) is 3. The van der Waals surface area contributed by atoms with Crippen molar-refractivity contribution in [1.29, 1.82) is 0 Å². The topological polar surface area (TPSA) is 64.0 Å². The van der Waals surface area contributed by atoms with Crippen molar-refractivity contribution in [2.24, 2.45) is 0 Å². The number of aryl methyl sites for hydroxylation is 4. The summed E-state index contributed by atoms with van der Waals surface area (Å²) in [6.45, 7) is 7.53. The van der Waals surface area contributed by atoms with E-state index >= 15 is 0 Å². The Labute approximate surface area is 169 Å². The van der Waals surface area contributed by atoms with Crippen LogP contribution < -0.4 is 10.9 Å². The van der Waals surface area contributed by atoms with E-state index in [1.807, 2.05) is 39.8 Å². The minimum atomic E-state index is -0.430. The normalized spacial score (nSPS) is 10.8. The van der Waals surface area contributed by atoms with E-state index in [-0.39, 0.29) is 23.8 Å². The van der Waals surface area contributed by atoms with Crippen molar-refractivity contribution in [2.75, 3.05) is 5.32 Å². The first-order valence-corrected chi connectivity index (χ1v) is 9.53. The highest BCUT2D eigenvalue weighted by molar-refractivity contribution is 5.92. The number of anilines is 1. The fourth-order valence-electron chi connectivity index (χ4n) is 3.44. The fourth-order valence-corrected chi connectivity index (χ4v) is 3.44. The van der Waals surface area contributed by atoms with Gasteiger partial charge in [-0.25, -0.2) is 9.37 Å². The maximum Gasteiger partial charge on any atom is 0.254 e. The lowest BCUT2D eigenvalue weighted by atomic mass is 10.1. The first kappa shape index (κ1) is 20.5. The molecule has 0 atom stereocenters. The van der Waals surface area contributed by atoms with Crippen molar-refractivity contribution < 1.29 is 9.18 Å². The lowest BCUT2D eigenvalue weighted by Gasteiger charge is -2.16. The molecule has 0 aliphatic carbocycles. The highest BCUT2D eigenvalue weighted by Crippen LogP contribution is 2.22. The van der Waals surface area contributed by atoms with Crippen LogP contribution in [-0.4, -0.2) is 15.5 Å². The molecule has 150 valence electrons. The molecule has 29 heavy (non-hydrogen) atoms. The minimum absolute atomic E-state index is 0.214. The molecule has 3 rings (SSSR count). The Bertz CT molecular complexity index is 1110. The van der Waals surface area contributed by atoms with Gasteiger partial charge in [0.25, 0.3) is 5.56 Å². The number of amides is 1. The summed E-state index contributed by atoms with van der Waals surface area (Å²) in [6.07, 6.45) is 0.562. The van der Waals surface area contributed by atoms with Crippen LogP contribution in [0.2, 0.25) is 0 Å². The zero-order valence-electron chi connectivity index (χ0n) is 17.0. The number of rotatable bonds is 5. The van der Waals surface area contributed by atoms with E-state index in [1.54, 1.807) is 12.1 Å². The van der Waals surface area contributed by atoms with Crippen molar-refractivity contribution in [2.45, 2.75) is 40.7 Å². The molecule has 1 heterocycles. The molecule has 0 spiro atoms. The molecule has 1 aromatic heterocycles. The van der Waals surface area contributed by atoms with Gasteiger partial charge in [0, 0.05) is 23.0 Å². The summed E-state index contributed by atoms with van der Waals surface area (Å²) in [5.74, 6) is -0.493. The van der Waals surface area contributed by atoms with Gasteiger partial charge in [-0.3, -0.25) is 14.2 Å². The lowest BCUT2D eigenvalue weighted by molar-refractivity contribution is -0.116. The Balaban J connectivity index is 1.99.